The van der Waals surface area contributed by atoms with E-state index in [0.29, 0.717) is 38.4 Å². The minimum absolute atomic E-state index is 0.0830. The molecular formula is C16H24N2O5. The number of hydrogen-bond donors (Lipinski definition) is 0. The van der Waals surface area contributed by atoms with Gasteiger partial charge in [0.1, 0.15) is 0 Å². The van der Waals surface area contributed by atoms with E-state index in [1.165, 1.54) is 13.2 Å². The highest BCUT2D eigenvalue weighted by molar-refractivity contribution is 5.72. The number of nitro groups is 1. The van der Waals surface area contributed by atoms with Crippen molar-refractivity contribution in [1.82, 2.24) is 4.90 Å². The van der Waals surface area contributed by atoms with E-state index >= 15 is 0 Å². The highest BCUT2D eigenvalue weighted by Crippen LogP contribution is 2.20. The zero-order valence-corrected chi connectivity index (χ0v) is 13.9. The Morgan fingerprint density at radius 3 is 2.70 bits per heavy atom. The molecular weight excluding hydrogens is 300 g/mol. The second-order valence-corrected chi connectivity index (χ2v) is 5.24. The standard InChI is InChI=1S/C16H24N2O5/c1-4-23-10-9-17(11-13(2)16(19)22-3)12-14-7-5-6-8-15(14)18(20)21/h5-8,13H,4,9-12H2,1-3H3/t13-/m1/s1. The number of rotatable bonds is 10. The molecule has 0 fully saturated rings. The van der Waals surface area contributed by atoms with Crippen molar-refractivity contribution in [2.24, 2.45) is 5.92 Å². The maximum Gasteiger partial charge on any atom is 0.309 e. The first kappa shape index (κ1) is 19.1. The Hall–Kier alpha value is -1.99. The fourth-order valence-corrected chi connectivity index (χ4v) is 2.30. The van der Waals surface area contributed by atoms with Crippen LogP contribution in [0.2, 0.25) is 0 Å². The van der Waals surface area contributed by atoms with Crippen molar-refractivity contribution in [1.29, 1.82) is 0 Å². The smallest absolute Gasteiger partial charge is 0.309 e. The third-order valence-electron chi connectivity index (χ3n) is 3.47. The fourth-order valence-electron chi connectivity index (χ4n) is 2.30. The summed E-state index contributed by atoms with van der Waals surface area (Å²) in [7, 11) is 1.35. The monoisotopic (exact) mass is 324 g/mol. The van der Waals surface area contributed by atoms with Gasteiger partial charge in [0, 0.05) is 37.9 Å². The van der Waals surface area contributed by atoms with Gasteiger partial charge in [-0.05, 0) is 6.92 Å². The molecule has 0 aromatic heterocycles. The van der Waals surface area contributed by atoms with Gasteiger partial charge in [-0.25, -0.2) is 0 Å². The van der Waals surface area contributed by atoms with E-state index in [0.717, 1.165) is 0 Å². The predicted octanol–water partition coefficient (Wildman–Crippen LogP) is 2.24. The lowest BCUT2D eigenvalue weighted by molar-refractivity contribution is -0.385. The van der Waals surface area contributed by atoms with Crippen molar-refractivity contribution in [2.75, 3.05) is 33.4 Å². The molecule has 0 aliphatic heterocycles. The van der Waals surface area contributed by atoms with Crippen LogP contribution < -0.4 is 0 Å². The lowest BCUT2D eigenvalue weighted by atomic mass is 10.1. The molecule has 1 aromatic rings. The number of methoxy groups -OCH3 is 1. The average molecular weight is 324 g/mol. The predicted molar refractivity (Wildman–Crippen MR) is 86.0 cm³/mol. The Balaban J connectivity index is 2.83. The van der Waals surface area contributed by atoms with Crippen LogP contribution >= 0.6 is 0 Å². The van der Waals surface area contributed by atoms with Crippen LogP contribution in [0.3, 0.4) is 0 Å². The number of carbonyl (C=O) groups is 1. The topological polar surface area (TPSA) is 81.9 Å². The quantitative estimate of drug-likeness (QED) is 0.284. The fraction of sp³-hybridized carbons (Fsp3) is 0.562. The molecule has 0 N–H and O–H groups in total. The summed E-state index contributed by atoms with van der Waals surface area (Å²) in [6.45, 7) is 6.21. The van der Waals surface area contributed by atoms with Gasteiger partial charge in [0.15, 0.2) is 0 Å². The van der Waals surface area contributed by atoms with Gasteiger partial charge < -0.3 is 9.47 Å². The Labute approximate surface area is 136 Å². The Morgan fingerprint density at radius 2 is 2.09 bits per heavy atom. The molecule has 0 aliphatic carbocycles. The van der Waals surface area contributed by atoms with E-state index in [2.05, 4.69) is 0 Å². The van der Waals surface area contributed by atoms with E-state index < -0.39 is 0 Å². The molecule has 23 heavy (non-hydrogen) atoms. The molecule has 7 nitrogen and oxygen atoms in total. The third-order valence-corrected chi connectivity index (χ3v) is 3.47. The number of hydrogen-bond acceptors (Lipinski definition) is 6. The summed E-state index contributed by atoms with van der Waals surface area (Å²) in [5, 5.41) is 11.1. The largest absolute Gasteiger partial charge is 0.469 e. The Bertz CT molecular complexity index is 521. The van der Waals surface area contributed by atoms with Gasteiger partial charge >= 0.3 is 5.97 Å². The molecule has 0 heterocycles. The van der Waals surface area contributed by atoms with Crippen LogP contribution in [0.4, 0.5) is 5.69 Å². The molecule has 128 valence electrons. The average Bonchev–Trinajstić information content (AvgIpc) is 2.54. The van der Waals surface area contributed by atoms with Gasteiger partial charge in [-0.1, -0.05) is 25.1 Å². The van der Waals surface area contributed by atoms with Crippen LogP contribution in [0.15, 0.2) is 24.3 Å². The summed E-state index contributed by atoms with van der Waals surface area (Å²) in [5.74, 6) is -0.613. The molecule has 0 saturated carbocycles. The second-order valence-electron chi connectivity index (χ2n) is 5.24. The number of nitro benzene ring substituents is 1. The van der Waals surface area contributed by atoms with E-state index in [9.17, 15) is 14.9 Å². The van der Waals surface area contributed by atoms with Crippen LogP contribution in [0.25, 0.3) is 0 Å². The molecule has 7 heteroatoms. The van der Waals surface area contributed by atoms with Crippen molar-refractivity contribution < 1.29 is 19.2 Å². The zero-order chi connectivity index (χ0) is 17.2. The molecule has 0 spiro atoms. The number of nitrogens with zero attached hydrogens (tertiary/aromatic N) is 2. The summed E-state index contributed by atoms with van der Waals surface area (Å²) < 4.78 is 10.1. The molecule has 1 rings (SSSR count). The van der Waals surface area contributed by atoms with Gasteiger partial charge in [-0.15, -0.1) is 0 Å². The number of benzene rings is 1. The first-order valence-electron chi connectivity index (χ1n) is 7.59. The minimum atomic E-state index is -0.389. The SMILES string of the molecule is CCOCCN(Cc1ccccc1[N+](=O)[O-])C[C@@H](C)C(=O)OC. The van der Waals surface area contributed by atoms with E-state index in [-0.39, 0.29) is 22.5 Å². The molecule has 1 atom stereocenters. The van der Waals surface area contributed by atoms with Crippen LogP contribution in [-0.4, -0.2) is 49.2 Å². The summed E-state index contributed by atoms with van der Waals surface area (Å²) in [6, 6.07) is 6.63. The van der Waals surface area contributed by atoms with E-state index in [4.69, 9.17) is 9.47 Å². The second kappa shape index (κ2) is 9.91. The maximum absolute atomic E-state index is 11.6. The summed E-state index contributed by atoms with van der Waals surface area (Å²) in [4.78, 5) is 24.3. The van der Waals surface area contributed by atoms with Gasteiger partial charge in [0.25, 0.3) is 5.69 Å². The van der Waals surface area contributed by atoms with Crippen molar-refractivity contribution in [2.45, 2.75) is 20.4 Å². The van der Waals surface area contributed by atoms with E-state index in [1.54, 1.807) is 25.1 Å². The summed E-state index contributed by atoms with van der Waals surface area (Å²) >= 11 is 0. The normalized spacial score (nSPS) is 12.2. The van der Waals surface area contributed by atoms with Gasteiger partial charge in [-0.2, -0.15) is 0 Å². The molecule has 0 saturated heterocycles. The van der Waals surface area contributed by atoms with Crippen molar-refractivity contribution in [3.8, 4) is 0 Å². The highest BCUT2D eigenvalue weighted by atomic mass is 16.6. The van der Waals surface area contributed by atoms with Gasteiger partial charge in [0.05, 0.1) is 24.6 Å². The Morgan fingerprint density at radius 1 is 1.39 bits per heavy atom. The molecule has 0 bridgehead atoms. The lowest BCUT2D eigenvalue weighted by Crippen LogP contribution is -2.34. The van der Waals surface area contributed by atoms with Gasteiger partial charge in [-0.3, -0.25) is 19.8 Å². The van der Waals surface area contributed by atoms with Crippen molar-refractivity contribution in [3.05, 3.63) is 39.9 Å². The lowest BCUT2D eigenvalue weighted by Gasteiger charge is -2.24. The van der Waals surface area contributed by atoms with Gasteiger partial charge in [0.2, 0.25) is 0 Å². The van der Waals surface area contributed by atoms with Crippen LogP contribution in [0, 0.1) is 16.0 Å². The first-order valence-corrected chi connectivity index (χ1v) is 7.59. The molecule has 0 amide bonds. The van der Waals surface area contributed by atoms with Crippen LogP contribution in [0.5, 0.6) is 0 Å². The number of carbonyl (C=O) groups excluding carboxylic acids is 1. The van der Waals surface area contributed by atoms with Crippen molar-refractivity contribution in [3.63, 3.8) is 0 Å². The Kier molecular flexibility index (Phi) is 8.21. The molecule has 0 unspecified atom stereocenters. The third kappa shape index (κ3) is 6.33. The van der Waals surface area contributed by atoms with Crippen LogP contribution in [-0.2, 0) is 20.8 Å². The number of ether oxygens (including phenoxy) is 2. The molecule has 0 radical (unpaired) electrons. The van der Waals surface area contributed by atoms with Crippen LogP contribution in [0.1, 0.15) is 19.4 Å². The van der Waals surface area contributed by atoms with E-state index in [1.807, 2.05) is 11.8 Å². The van der Waals surface area contributed by atoms with Crippen molar-refractivity contribution >= 4 is 11.7 Å². The zero-order valence-electron chi connectivity index (χ0n) is 13.9. The first-order chi connectivity index (χ1) is 11.0. The maximum atomic E-state index is 11.6. The summed E-state index contributed by atoms with van der Waals surface area (Å²) in [6.07, 6.45) is 0. The number of esters is 1. The highest BCUT2D eigenvalue weighted by Gasteiger charge is 2.20. The molecule has 0 aliphatic rings. The summed E-state index contributed by atoms with van der Waals surface area (Å²) in [5.41, 5.74) is 0.700. The number of para-hydroxylation sites is 1. The minimum Gasteiger partial charge on any atom is -0.469 e. The molecule has 1 aromatic carbocycles.